The van der Waals surface area contributed by atoms with E-state index in [2.05, 4.69) is 0 Å². The van der Waals surface area contributed by atoms with Crippen LogP contribution in [0.5, 0.6) is 0 Å². The first-order chi connectivity index (χ1) is 9.13. The molecular weight excluding hydrogens is 246 g/mol. The van der Waals surface area contributed by atoms with E-state index in [9.17, 15) is 9.59 Å². The molecule has 0 aromatic carbocycles. The summed E-state index contributed by atoms with van der Waals surface area (Å²) < 4.78 is 10.2. The maximum atomic E-state index is 12.6. The third kappa shape index (κ3) is 3.26. The van der Waals surface area contributed by atoms with Crippen LogP contribution in [-0.2, 0) is 19.1 Å². The number of methoxy groups -OCH3 is 1. The monoisotopic (exact) mass is 269 g/mol. The number of hydrogen-bond donors (Lipinski definition) is 0. The van der Waals surface area contributed by atoms with Crippen molar-refractivity contribution >= 4 is 11.9 Å². The normalized spacial score (nSPS) is 27.5. The average Bonchev–Trinajstić information content (AvgIpc) is 3.05. The topological polar surface area (TPSA) is 55.8 Å². The van der Waals surface area contributed by atoms with E-state index >= 15 is 0 Å². The summed E-state index contributed by atoms with van der Waals surface area (Å²) in [6, 6.07) is 0.194. The lowest BCUT2D eigenvalue weighted by Crippen LogP contribution is -2.46. The number of amides is 1. The second-order valence-corrected chi connectivity index (χ2v) is 5.45. The largest absolute Gasteiger partial charge is 0.468 e. The van der Waals surface area contributed by atoms with Crippen molar-refractivity contribution in [3.8, 4) is 0 Å². The Morgan fingerprint density at radius 3 is 2.47 bits per heavy atom. The Hall–Kier alpha value is -1.10. The van der Waals surface area contributed by atoms with Gasteiger partial charge in [-0.1, -0.05) is 12.8 Å². The van der Waals surface area contributed by atoms with Gasteiger partial charge in [0, 0.05) is 12.6 Å². The van der Waals surface area contributed by atoms with Crippen molar-refractivity contribution in [3.05, 3.63) is 0 Å². The number of carbonyl (C=O) groups is 2. The van der Waals surface area contributed by atoms with Crippen LogP contribution in [0, 0.1) is 5.92 Å². The summed E-state index contributed by atoms with van der Waals surface area (Å²) in [5.74, 6) is -0.389. The highest BCUT2D eigenvalue weighted by molar-refractivity contribution is 5.84. The fraction of sp³-hybridized carbons (Fsp3) is 0.857. The Labute approximate surface area is 114 Å². The van der Waals surface area contributed by atoms with E-state index in [0.29, 0.717) is 6.61 Å². The van der Waals surface area contributed by atoms with Gasteiger partial charge < -0.3 is 14.4 Å². The molecule has 2 fully saturated rings. The summed E-state index contributed by atoms with van der Waals surface area (Å²) in [6.07, 6.45) is 4.95. The molecule has 2 aliphatic rings. The summed E-state index contributed by atoms with van der Waals surface area (Å²) in [5, 5.41) is 0. The summed E-state index contributed by atoms with van der Waals surface area (Å²) in [5.41, 5.74) is 0. The highest BCUT2D eigenvalue weighted by atomic mass is 16.5. The third-order valence-corrected chi connectivity index (χ3v) is 4.27. The lowest BCUT2D eigenvalue weighted by molar-refractivity contribution is -0.151. The molecule has 1 amide bonds. The molecule has 2 unspecified atom stereocenters. The zero-order chi connectivity index (χ0) is 13.8. The summed E-state index contributed by atoms with van der Waals surface area (Å²) in [6.45, 7) is 2.64. The first-order valence-electron chi connectivity index (χ1n) is 7.12. The van der Waals surface area contributed by atoms with Gasteiger partial charge in [0.05, 0.1) is 19.1 Å². The second kappa shape index (κ2) is 6.37. The molecule has 19 heavy (non-hydrogen) atoms. The van der Waals surface area contributed by atoms with Crippen molar-refractivity contribution in [3.63, 3.8) is 0 Å². The van der Waals surface area contributed by atoms with E-state index in [1.165, 1.54) is 7.11 Å². The molecule has 0 aromatic rings. The zero-order valence-electron chi connectivity index (χ0n) is 11.8. The van der Waals surface area contributed by atoms with Crippen molar-refractivity contribution in [2.24, 2.45) is 5.92 Å². The van der Waals surface area contributed by atoms with Gasteiger partial charge >= 0.3 is 5.97 Å². The third-order valence-electron chi connectivity index (χ3n) is 4.27. The van der Waals surface area contributed by atoms with Crippen molar-refractivity contribution in [1.82, 2.24) is 4.90 Å². The molecule has 5 heteroatoms. The Morgan fingerprint density at radius 1 is 1.26 bits per heavy atom. The van der Waals surface area contributed by atoms with E-state index in [-0.39, 0.29) is 36.5 Å². The van der Waals surface area contributed by atoms with E-state index in [1.54, 1.807) is 4.90 Å². The number of carbonyl (C=O) groups excluding carboxylic acids is 2. The Bertz CT molecular complexity index is 338. The van der Waals surface area contributed by atoms with Gasteiger partial charge in [-0.15, -0.1) is 0 Å². The number of ether oxygens (including phenoxy) is 2. The van der Waals surface area contributed by atoms with Crippen molar-refractivity contribution < 1.29 is 19.1 Å². The minimum atomic E-state index is -0.341. The molecule has 108 valence electrons. The first kappa shape index (κ1) is 14.3. The van der Waals surface area contributed by atoms with E-state index in [0.717, 1.165) is 32.1 Å². The van der Waals surface area contributed by atoms with E-state index < -0.39 is 0 Å². The molecule has 0 bridgehead atoms. The molecule has 0 N–H and O–H groups in total. The molecule has 5 nitrogen and oxygen atoms in total. The average molecular weight is 269 g/mol. The predicted octanol–water partition coefficient (Wildman–Crippen LogP) is 1.36. The summed E-state index contributed by atoms with van der Waals surface area (Å²) in [7, 11) is 1.36. The quantitative estimate of drug-likeness (QED) is 0.723. The first-order valence-corrected chi connectivity index (χ1v) is 7.12. The number of rotatable bonds is 4. The maximum absolute atomic E-state index is 12.6. The van der Waals surface area contributed by atoms with Crippen LogP contribution < -0.4 is 0 Å². The van der Waals surface area contributed by atoms with Crippen LogP contribution >= 0.6 is 0 Å². The number of hydrogen-bond acceptors (Lipinski definition) is 4. The molecule has 2 atom stereocenters. The summed E-state index contributed by atoms with van der Waals surface area (Å²) >= 11 is 0. The highest BCUT2D eigenvalue weighted by Gasteiger charge is 2.37. The molecule has 2 rings (SSSR count). The van der Waals surface area contributed by atoms with Crippen LogP contribution in [0.25, 0.3) is 0 Å². The van der Waals surface area contributed by atoms with Gasteiger partial charge in [0.2, 0.25) is 5.91 Å². The van der Waals surface area contributed by atoms with Gasteiger partial charge in [0.15, 0.2) is 0 Å². The predicted molar refractivity (Wildman–Crippen MR) is 69.5 cm³/mol. The molecule has 1 heterocycles. The minimum Gasteiger partial charge on any atom is -0.468 e. The van der Waals surface area contributed by atoms with Gasteiger partial charge in [0.25, 0.3) is 0 Å². The molecule has 0 aromatic heterocycles. The van der Waals surface area contributed by atoms with Crippen LogP contribution in [0.15, 0.2) is 0 Å². The molecule has 1 aliphatic heterocycles. The maximum Gasteiger partial charge on any atom is 0.325 e. The van der Waals surface area contributed by atoms with Gasteiger partial charge in [-0.05, 0) is 26.2 Å². The van der Waals surface area contributed by atoms with Gasteiger partial charge in [-0.2, -0.15) is 0 Å². The van der Waals surface area contributed by atoms with Crippen LogP contribution in [0.4, 0.5) is 0 Å². The Morgan fingerprint density at radius 2 is 1.95 bits per heavy atom. The van der Waals surface area contributed by atoms with Crippen molar-refractivity contribution in [2.75, 3.05) is 20.3 Å². The van der Waals surface area contributed by atoms with Gasteiger partial charge in [-0.25, -0.2) is 0 Å². The standard InChI is InChI=1S/C14H23NO4/c1-10-12(7-8-19-10)14(17)15(9-13(16)18-2)11-5-3-4-6-11/h10-12H,3-9H2,1-2H3. The molecule has 1 saturated heterocycles. The van der Waals surface area contributed by atoms with Crippen LogP contribution in [0.2, 0.25) is 0 Å². The Kier molecular flexibility index (Phi) is 4.80. The van der Waals surface area contributed by atoms with Crippen molar-refractivity contribution in [1.29, 1.82) is 0 Å². The van der Waals surface area contributed by atoms with E-state index in [1.807, 2.05) is 6.92 Å². The van der Waals surface area contributed by atoms with Crippen LogP contribution in [-0.4, -0.2) is 49.2 Å². The number of nitrogens with zero attached hydrogens (tertiary/aromatic N) is 1. The van der Waals surface area contributed by atoms with Crippen molar-refractivity contribution in [2.45, 2.75) is 51.2 Å². The number of esters is 1. The van der Waals surface area contributed by atoms with E-state index in [4.69, 9.17) is 9.47 Å². The fourth-order valence-electron chi connectivity index (χ4n) is 3.08. The lowest BCUT2D eigenvalue weighted by atomic mass is 9.99. The fourth-order valence-corrected chi connectivity index (χ4v) is 3.08. The summed E-state index contributed by atoms with van der Waals surface area (Å²) in [4.78, 5) is 25.9. The van der Waals surface area contributed by atoms with Gasteiger partial charge in [0.1, 0.15) is 6.54 Å². The van der Waals surface area contributed by atoms with Crippen LogP contribution in [0.1, 0.15) is 39.0 Å². The minimum absolute atomic E-state index is 0.0472. The zero-order valence-corrected chi connectivity index (χ0v) is 11.8. The molecule has 1 aliphatic carbocycles. The molecule has 1 saturated carbocycles. The molecule has 0 spiro atoms. The van der Waals surface area contributed by atoms with Gasteiger partial charge in [-0.3, -0.25) is 9.59 Å². The molecular formula is C14H23NO4. The smallest absolute Gasteiger partial charge is 0.325 e. The molecule has 0 radical (unpaired) electrons. The Balaban J connectivity index is 2.06. The van der Waals surface area contributed by atoms with Crippen LogP contribution in [0.3, 0.4) is 0 Å². The lowest BCUT2D eigenvalue weighted by Gasteiger charge is -2.31. The second-order valence-electron chi connectivity index (χ2n) is 5.45. The highest BCUT2D eigenvalue weighted by Crippen LogP contribution is 2.28. The SMILES string of the molecule is COC(=O)CN(C(=O)C1CCOC1C)C1CCCC1.